The first-order chi connectivity index (χ1) is 11.5. The lowest BCUT2D eigenvalue weighted by molar-refractivity contribution is -0.139. The summed E-state index contributed by atoms with van der Waals surface area (Å²) in [5, 5.41) is 0. The summed E-state index contributed by atoms with van der Waals surface area (Å²) in [7, 11) is 2.10. The van der Waals surface area contributed by atoms with Crippen LogP contribution in [0.4, 0.5) is 0 Å². The lowest BCUT2D eigenvalue weighted by Crippen LogP contribution is -2.49. The second kappa shape index (κ2) is 7.47. The van der Waals surface area contributed by atoms with Crippen LogP contribution in [0, 0.1) is 19.8 Å². The Morgan fingerprint density at radius 3 is 2.71 bits per heavy atom. The van der Waals surface area contributed by atoms with E-state index in [1.165, 1.54) is 0 Å². The summed E-state index contributed by atoms with van der Waals surface area (Å²) in [6.07, 6.45) is 4.10. The van der Waals surface area contributed by atoms with Gasteiger partial charge in [-0.25, -0.2) is 4.98 Å². The maximum absolute atomic E-state index is 12.8. The van der Waals surface area contributed by atoms with E-state index in [1.807, 2.05) is 24.8 Å². The van der Waals surface area contributed by atoms with Crippen LogP contribution in [-0.2, 0) is 4.79 Å². The summed E-state index contributed by atoms with van der Waals surface area (Å²) in [6.45, 7) is 7.31. The number of likely N-dealkylation sites (tertiary alicyclic amines) is 2. The van der Waals surface area contributed by atoms with Crippen LogP contribution < -0.4 is 4.74 Å². The maximum Gasteiger partial charge on any atom is 0.227 e. The monoisotopic (exact) mass is 332 g/mol. The topological polar surface area (TPSA) is 58.6 Å². The normalized spacial score (nSPS) is 25.5. The minimum atomic E-state index is 0.0257. The average molecular weight is 332 g/mol. The van der Waals surface area contributed by atoms with Gasteiger partial charge < -0.3 is 14.5 Å². The van der Waals surface area contributed by atoms with Crippen LogP contribution in [0.1, 0.15) is 37.2 Å². The molecule has 1 amide bonds. The molecule has 0 N–H and O–H groups in total. The third-order valence-electron chi connectivity index (χ3n) is 4.89. The van der Waals surface area contributed by atoms with Crippen molar-refractivity contribution in [1.82, 2.24) is 19.8 Å². The summed E-state index contributed by atoms with van der Waals surface area (Å²) in [5.74, 6) is 1.78. The molecule has 2 aliphatic heterocycles. The minimum Gasteiger partial charge on any atom is -0.472 e. The zero-order valence-electron chi connectivity index (χ0n) is 15.0. The molecule has 0 aliphatic carbocycles. The zero-order valence-corrected chi connectivity index (χ0v) is 15.0. The van der Waals surface area contributed by atoms with Gasteiger partial charge in [0.2, 0.25) is 11.8 Å². The Bertz CT molecular complexity index is 572. The fourth-order valence-corrected chi connectivity index (χ4v) is 3.77. The zero-order chi connectivity index (χ0) is 17.1. The number of carbonyl (C=O) groups excluding carboxylic acids is 1. The van der Waals surface area contributed by atoms with Crippen molar-refractivity contribution in [3.8, 4) is 5.88 Å². The van der Waals surface area contributed by atoms with Gasteiger partial charge in [-0.15, -0.1) is 0 Å². The Kier molecular flexibility index (Phi) is 5.33. The smallest absolute Gasteiger partial charge is 0.227 e. The fraction of sp³-hybridized carbons (Fsp3) is 0.722. The molecular weight excluding hydrogens is 304 g/mol. The van der Waals surface area contributed by atoms with Gasteiger partial charge in [-0.2, -0.15) is 4.98 Å². The summed E-state index contributed by atoms with van der Waals surface area (Å²) < 4.78 is 6.05. The molecule has 24 heavy (non-hydrogen) atoms. The van der Waals surface area contributed by atoms with Crippen LogP contribution >= 0.6 is 0 Å². The number of aryl methyl sites for hydroxylation is 2. The van der Waals surface area contributed by atoms with Crippen LogP contribution in [0.5, 0.6) is 5.88 Å². The molecule has 2 unspecified atom stereocenters. The molecule has 6 nitrogen and oxygen atoms in total. The fourth-order valence-electron chi connectivity index (χ4n) is 3.77. The summed E-state index contributed by atoms with van der Waals surface area (Å²) >= 11 is 0. The van der Waals surface area contributed by atoms with Crippen molar-refractivity contribution in [3.63, 3.8) is 0 Å². The molecule has 2 fully saturated rings. The van der Waals surface area contributed by atoms with Gasteiger partial charge in [-0.1, -0.05) is 0 Å². The van der Waals surface area contributed by atoms with Gasteiger partial charge in [0.05, 0.1) is 12.5 Å². The van der Waals surface area contributed by atoms with Crippen LogP contribution in [0.25, 0.3) is 0 Å². The van der Waals surface area contributed by atoms with Crippen LogP contribution in [0.2, 0.25) is 0 Å². The number of carbonyl (C=O) groups is 1. The molecule has 1 aromatic heterocycles. The molecular formula is C18H28N4O2. The van der Waals surface area contributed by atoms with E-state index in [2.05, 4.69) is 21.9 Å². The number of aromatic nitrogens is 2. The Morgan fingerprint density at radius 2 is 1.96 bits per heavy atom. The molecule has 3 rings (SSSR count). The van der Waals surface area contributed by atoms with E-state index in [0.29, 0.717) is 18.3 Å². The first-order valence-corrected chi connectivity index (χ1v) is 8.97. The van der Waals surface area contributed by atoms with Gasteiger partial charge in [0.15, 0.2) is 0 Å². The highest BCUT2D eigenvalue weighted by molar-refractivity contribution is 5.79. The van der Waals surface area contributed by atoms with Crippen molar-refractivity contribution in [3.05, 3.63) is 17.6 Å². The van der Waals surface area contributed by atoms with E-state index in [4.69, 9.17) is 4.74 Å². The van der Waals surface area contributed by atoms with E-state index >= 15 is 0 Å². The van der Waals surface area contributed by atoms with Crippen molar-refractivity contribution >= 4 is 5.91 Å². The van der Waals surface area contributed by atoms with Gasteiger partial charge in [-0.05, 0) is 53.1 Å². The Morgan fingerprint density at radius 1 is 1.17 bits per heavy atom. The van der Waals surface area contributed by atoms with Crippen LogP contribution in [-0.4, -0.2) is 65.0 Å². The molecule has 0 spiro atoms. The highest BCUT2D eigenvalue weighted by Gasteiger charge is 2.31. The molecule has 2 atom stereocenters. The quantitative estimate of drug-likeness (QED) is 0.845. The third kappa shape index (κ3) is 4.23. The van der Waals surface area contributed by atoms with E-state index in [1.54, 1.807) is 0 Å². The molecule has 2 aliphatic rings. The van der Waals surface area contributed by atoms with Gasteiger partial charge in [0, 0.05) is 24.8 Å². The number of nitrogens with zero attached hydrogens (tertiary/aromatic N) is 4. The van der Waals surface area contributed by atoms with Crippen molar-refractivity contribution in [1.29, 1.82) is 0 Å². The highest BCUT2D eigenvalue weighted by atomic mass is 16.5. The van der Waals surface area contributed by atoms with Gasteiger partial charge in [0.25, 0.3) is 0 Å². The molecule has 0 saturated carbocycles. The number of hydrogen-bond donors (Lipinski definition) is 0. The Hall–Kier alpha value is -1.69. The lowest BCUT2D eigenvalue weighted by Gasteiger charge is -2.37. The first kappa shape index (κ1) is 17.1. The third-order valence-corrected chi connectivity index (χ3v) is 4.89. The number of ether oxygens (including phenoxy) is 1. The van der Waals surface area contributed by atoms with E-state index in [0.717, 1.165) is 56.8 Å². The Balaban J connectivity index is 1.60. The van der Waals surface area contributed by atoms with E-state index in [-0.39, 0.29) is 12.0 Å². The van der Waals surface area contributed by atoms with E-state index in [9.17, 15) is 4.79 Å². The molecule has 3 heterocycles. The summed E-state index contributed by atoms with van der Waals surface area (Å²) in [4.78, 5) is 25.7. The average Bonchev–Trinajstić information content (AvgIpc) is 2.53. The lowest BCUT2D eigenvalue weighted by atomic mass is 9.95. The minimum absolute atomic E-state index is 0.0257. The summed E-state index contributed by atoms with van der Waals surface area (Å²) in [5.41, 5.74) is 0.909. The predicted octanol–water partition coefficient (Wildman–Crippen LogP) is 1.81. The van der Waals surface area contributed by atoms with Crippen molar-refractivity contribution in [2.75, 3.05) is 33.2 Å². The van der Waals surface area contributed by atoms with Crippen LogP contribution in [0.3, 0.4) is 0 Å². The second-order valence-corrected chi connectivity index (χ2v) is 7.16. The molecule has 2 saturated heterocycles. The van der Waals surface area contributed by atoms with Gasteiger partial charge in [0.1, 0.15) is 11.9 Å². The largest absolute Gasteiger partial charge is 0.472 e. The summed E-state index contributed by atoms with van der Waals surface area (Å²) in [6, 6.07) is 1.86. The molecule has 1 aromatic rings. The van der Waals surface area contributed by atoms with Crippen molar-refractivity contribution in [2.24, 2.45) is 5.92 Å². The van der Waals surface area contributed by atoms with Gasteiger partial charge in [-0.3, -0.25) is 4.79 Å². The van der Waals surface area contributed by atoms with Gasteiger partial charge >= 0.3 is 0 Å². The van der Waals surface area contributed by atoms with Crippen LogP contribution in [0.15, 0.2) is 6.07 Å². The number of amides is 1. The maximum atomic E-state index is 12.8. The standard InChI is InChI=1S/C18H28N4O2/c1-13-10-17(20-14(2)19-13)24-16-7-5-9-22(12-16)18(23)15-6-4-8-21(3)11-15/h10,15-16H,4-9,11-12H2,1-3H3. The molecule has 0 radical (unpaired) electrons. The van der Waals surface area contributed by atoms with Crippen molar-refractivity contribution in [2.45, 2.75) is 45.6 Å². The highest BCUT2D eigenvalue weighted by Crippen LogP contribution is 2.22. The van der Waals surface area contributed by atoms with Crippen molar-refractivity contribution < 1.29 is 9.53 Å². The number of rotatable bonds is 3. The second-order valence-electron chi connectivity index (χ2n) is 7.16. The Labute approximate surface area is 144 Å². The van der Waals surface area contributed by atoms with E-state index < -0.39 is 0 Å². The first-order valence-electron chi connectivity index (χ1n) is 8.97. The molecule has 132 valence electrons. The predicted molar refractivity (Wildman–Crippen MR) is 92.0 cm³/mol. The molecule has 6 heteroatoms. The number of hydrogen-bond acceptors (Lipinski definition) is 5. The molecule has 0 aromatic carbocycles. The SMILES string of the molecule is Cc1cc(OC2CCCN(C(=O)C3CCCN(C)C3)C2)nc(C)n1. The molecule has 0 bridgehead atoms. The number of piperidine rings is 2.